The summed E-state index contributed by atoms with van der Waals surface area (Å²) in [5.74, 6) is -0.111. The Bertz CT molecular complexity index is 951. The molecule has 1 amide bonds. The highest BCUT2D eigenvalue weighted by molar-refractivity contribution is 7.10. The normalized spacial score (nSPS) is 17.1. The molecule has 0 aliphatic carbocycles. The molecule has 0 radical (unpaired) electrons. The monoisotopic (exact) mass is 359 g/mol. The van der Waals surface area contributed by atoms with E-state index in [1.807, 2.05) is 4.90 Å². The van der Waals surface area contributed by atoms with Gasteiger partial charge in [-0.1, -0.05) is 6.92 Å². The van der Waals surface area contributed by atoms with E-state index >= 15 is 0 Å². The molecular weight excluding hydrogens is 338 g/mol. The van der Waals surface area contributed by atoms with Crippen molar-refractivity contribution in [1.82, 2.24) is 14.0 Å². The van der Waals surface area contributed by atoms with Gasteiger partial charge in [-0.05, 0) is 35.9 Å². The number of fused-ring (bicyclic) bond motifs is 1. The van der Waals surface area contributed by atoms with Gasteiger partial charge in [-0.3, -0.25) is 14.2 Å². The highest BCUT2D eigenvalue weighted by atomic mass is 32.1. The van der Waals surface area contributed by atoms with Crippen molar-refractivity contribution < 1.29 is 4.79 Å². The van der Waals surface area contributed by atoms with E-state index in [1.54, 1.807) is 18.4 Å². The molecule has 0 N–H and O–H groups in total. The summed E-state index contributed by atoms with van der Waals surface area (Å²) in [5.41, 5.74) is 0.760. The van der Waals surface area contributed by atoms with Gasteiger partial charge in [0.15, 0.2) is 0 Å². The fourth-order valence-electron chi connectivity index (χ4n) is 3.31. The number of hydrogen-bond donors (Lipinski definition) is 0. The second-order valence-corrected chi connectivity index (χ2v) is 7.18. The summed E-state index contributed by atoms with van der Waals surface area (Å²) >= 11 is 1.74. The second kappa shape index (κ2) is 6.84. The molecule has 0 spiro atoms. The van der Waals surface area contributed by atoms with E-state index in [4.69, 9.17) is 0 Å². The minimum Gasteiger partial charge on any atom is -0.332 e. The average molecular weight is 359 g/mol. The number of aryl methyl sites for hydroxylation is 1. The first-order chi connectivity index (χ1) is 11.9. The number of amides is 1. The van der Waals surface area contributed by atoms with Gasteiger partial charge < -0.3 is 9.47 Å². The van der Waals surface area contributed by atoms with Crippen LogP contribution in [-0.4, -0.2) is 26.5 Å². The summed E-state index contributed by atoms with van der Waals surface area (Å²) in [6.45, 7) is 2.75. The zero-order valence-electron chi connectivity index (χ0n) is 14.6. The summed E-state index contributed by atoms with van der Waals surface area (Å²) in [6, 6.07) is 2.18. The highest BCUT2D eigenvalue weighted by Crippen LogP contribution is 2.35. The third kappa shape index (κ3) is 3.11. The smallest absolute Gasteiger partial charge is 0.330 e. The van der Waals surface area contributed by atoms with Crippen molar-refractivity contribution in [2.45, 2.75) is 25.8 Å². The predicted molar refractivity (Wildman–Crippen MR) is 98.7 cm³/mol. The van der Waals surface area contributed by atoms with Crippen LogP contribution in [0.25, 0.3) is 6.08 Å². The Morgan fingerprint density at radius 2 is 2.12 bits per heavy atom. The van der Waals surface area contributed by atoms with Crippen LogP contribution in [0.3, 0.4) is 0 Å². The summed E-state index contributed by atoms with van der Waals surface area (Å²) in [7, 11) is 3.01. The molecule has 2 aromatic heterocycles. The van der Waals surface area contributed by atoms with Crippen molar-refractivity contribution in [3.63, 3.8) is 0 Å². The third-order valence-electron chi connectivity index (χ3n) is 4.64. The Hall–Kier alpha value is -2.41. The van der Waals surface area contributed by atoms with E-state index in [-0.39, 0.29) is 17.6 Å². The quantitative estimate of drug-likeness (QED) is 0.784. The molecule has 1 aliphatic heterocycles. The molecule has 1 aliphatic rings. The van der Waals surface area contributed by atoms with Crippen LogP contribution < -0.4 is 11.2 Å². The van der Waals surface area contributed by atoms with E-state index in [0.29, 0.717) is 12.1 Å². The molecule has 3 heterocycles. The lowest BCUT2D eigenvalue weighted by atomic mass is 9.97. The van der Waals surface area contributed by atoms with Crippen LogP contribution in [0.2, 0.25) is 0 Å². The minimum atomic E-state index is -0.405. The number of nitrogens with zero attached hydrogens (tertiary/aromatic N) is 3. The van der Waals surface area contributed by atoms with Gasteiger partial charge in [0, 0.05) is 37.8 Å². The molecular formula is C18H21N3O3S. The third-order valence-corrected chi connectivity index (χ3v) is 5.64. The summed E-state index contributed by atoms with van der Waals surface area (Å²) in [6.07, 6.45) is 6.11. The van der Waals surface area contributed by atoms with Gasteiger partial charge in [0.05, 0.1) is 11.6 Å². The van der Waals surface area contributed by atoms with Gasteiger partial charge >= 0.3 is 5.69 Å². The lowest BCUT2D eigenvalue weighted by molar-refractivity contribution is -0.128. The molecule has 0 bridgehead atoms. The number of hydrogen-bond acceptors (Lipinski definition) is 4. The van der Waals surface area contributed by atoms with Crippen LogP contribution in [0, 0.1) is 0 Å². The zero-order valence-corrected chi connectivity index (χ0v) is 15.4. The number of carbonyl (C=O) groups excluding carboxylic acids is 1. The van der Waals surface area contributed by atoms with Crippen molar-refractivity contribution in [3.05, 3.63) is 60.6 Å². The van der Waals surface area contributed by atoms with E-state index < -0.39 is 5.56 Å². The number of thiophene rings is 1. The van der Waals surface area contributed by atoms with Gasteiger partial charge in [0.25, 0.3) is 5.56 Å². The first kappa shape index (κ1) is 17.4. The summed E-state index contributed by atoms with van der Waals surface area (Å²) in [4.78, 5) is 39.8. The van der Waals surface area contributed by atoms with Gasteiger partial charge in [-0.15, -0.1) is 11.3 Å². The van der Waals surface area contributed by atoms with Crippen LogP contribution in [-0.2, 0) is 25.3 Å². The zero-order chi connectivity index (χ0) is 18.1. The van der Waals surface area contributed by atoms with E-state index in [2.05, 4.69) is 18.4 Å². The van der Waals surface area contributed by atoms with Crippen LogP contribution in [0.4, 0.5) is 0 Å². The first-order valence-corrected chi connectivity index (χ1v) is 9.13. The van der Waals surface area contributed by atoms with Gasteiger partial charge in [-0.25, -0.2) is 4.79 Å². The fourth-order valence-corrected chi connectivity index (χ4v) is 4.24. The van der Waals surface area contributed by atoms with E-state index in [1.165, 1.54) is 40.4 Å². The lowest BCUT2D eigenvalue weighted by Crippen LogP contribution is -2.39. The van der Waals surface area contributed by atoms with Gasteiger partial charge in [0.1, 0.15) is 0 Å². The molecule has 0 fully saturated rings. The fraction of sp³-hybridized carbons (Fsp3) is 0.389. The molecule has 7 heteroatoms. The molecule has 0 aromatic carbocycles. The minimum absolute atomic E-state index is 0.0788. The van der Waals surface area contributed by atoms with Gasteiger partial charge in [0.2, 0.25) is 5.91 Å². The highest BCUT2D eigenvalue weighted by Gasteiger charge is 2.29. The van der Waals surface area contributed by atoms with Crippen molar-refractivity contribution in [2.75, 3.05) is 6.54 Å². The van der Waals surface area contributed by atoms with Crippen LogP contribution in [0.5, 0.6) is 0 Å². The number of carbonyl (C=O) groups is 1. The van der Waals surface area contributed by atoms with Crippen molar-refractivity contribution in [3.8, 4) is 0 Å². The Kier molecular flexibility index (Phi) is 4.76. The van der Waals surface area contributed by atoms with Crippen molar-refractivity contribution in [2.24, 2.45) is 14.1 Å². The molecule has 2 aromatic rings. The molecule has 25 heavy (non-hydrogen) atoms. The Balaban J connectivity index is 1.87. The summed E-state index contributed by atoms with van der Waals surface area (Å²) < 4.78 is 2.37. The van der Waals surface area contributed by atoms with Crippen LogP contribution in [0.1, 0.15) is 35.4 Å². The topological polar surface area (TPSA) is 64.3 Å². The molecule has 132 valence electrons. The molecule has 1 unspecified atom stereocenters. The Morgan fingerprint density at radius 3 is 2.84 bits per heavy atom. The van der Waals surface area contributed by atoms with E-state index in [9.17, 15) is 14.4 Å². The van der Waals surface area contributed by atoms with Crippen molar-refractivity contribution >= 4 is 23.3 Å². The maximum Gasteiger partial charge on any atom is 0.330 e. The van der Waals surface area contributed by atoms with E-state index in [0.717, 1.165) is 17.4 Å². The number of rotatable bonds is 3. The van der Waals surface area contributed by atoms with Crippen molar-refractivity contribution in [1.29, 1.82) is 0 Å². The molecule has 0 saturated carbocycles. The van der Waals surface area contributed by atoms with Gasteiger partial charge in [-0.2, -0.15) is 0 Å². The number of aromatic nitrogens is 2. The van der Waals surface area contributed by atoms with Crippen LogP contribution >= 0.6 is 11.3 Å². The first-order valence-electron chi connectivity index (χ1n) is 8.25. The lowest BCUT2D eigenvalue weighted by Gasteiger charge is -2.34. The SMILES string of the molecule is CCC1c2ccsc2CCN1C(=O)/C=C/c1cn(C)c(=O)n(C)c1=O. The molecule has 6 nitrogen and oxygen atoms in total. The predicted octanol–water partition coefficient (Wildman–Crippen LogP) is 1.69. The molecule has 3 rings (SSSR count). The average Bonchev–Trinajstić information content (AvgIpc) is 3.09. The Morgan fingerprint density at radius 1 is 1.36 bits per heavy atom. The van der Waals surface area contributed by atoms with Crippen LogP contribution in [0.15, 0.2) is 33.3 Å². The molecule has 0 saturated heterocycles. The largest absolute Gasteiger partial charge is 0.332 e. The standard InChI is InChI=1S/C18H21N3O3S/c1-4-14-13-8-10-25-15(13)7-9-21(14)16(22)6-5-12-11-19(2)18(24)20(3)17(12)23/h5-6,8,10-11,14H,4,7,9H2,1-3H3/b6-5+. The molecule has 1 atom stereocenters. The maximum atomic E-state index is 12.7. The maximum absolute atomic E-state index is 12.7. The second-order valence-electron chi connectivity index (χ2n) is 6.18. The Labute approximate surface area is 149 Å². The summed E-state index contributed by atoms with van der Waals surface area (Å²) in [5, 5.41) is 2.07.